The first kappa shape index (κ1) is 19.4. The number of nitrogens with one attached hydrogen (secondary N) is 1. The van der Waals surface area contributed by atoms with Crippen molar-refractivity contribution in [2.24, 2.45) is 0 Å². The molecule has 2 aliphatic heterocycles. The molecule has 0 saturated carbocycles. The van der Waals surface area contributed by atoms with Gasteiger partial charge in [0.05, 0.1) is 43.1 Å². The number of carbonyl (C=O) groups is 1. The summed E-state index contributed by atoms with van der Waals surface area (Å²) in [7, 11) is 0. The van der Waals surface area contributed by atoms with Gasteiger partial charge in [0, 0.05) is 42.9 Å². The van der Waals surface area contributed by atoms with E-state index in [1.54, 1.807) is 22.7 Å². The number of non-ortho nitro benzene ring substituents is 1. The fourth-order valence-electron chi connectivity index (χ4n) is 3.59. The SMILES string of the molecule is O=C(NC1COC1)c1cc2nc(-c3cccc([N+](=O)[O-])c3)cc(N3CCOCC3)n2n1. The van der Waals surface area contributed by atoms with Gasteiger partial charge in [-0.05, 0) is 0 Å². The molecule has 5 rings (SSSR count). The Kier molecular flexibility index (Phi) is 4.96. The monoisotopic (exact) mass is 424 g/mol. The summed E-state index contributed by atoms with van der Waals surface area (Å²) in [6.07, 6.45) is 0. The minimum atomic E-state index is -0.434. The van der Waals surface area contributed by atoms with Crippen molar-refractivity contribution in [3.8, 4) is 11.3 Å². The summed E-state index contributed by atoms with van der Waals surface area (Å²) in [6, 6.07) is 9.79. The van der Waals surface area contributed by atoms with Crippen LogP contribution in [0, 0.1) is 10.1 Å². The van der Waals surface area contributed by atoms with E-state index in [2.05, 4.69) is 20.3 Å². The zero-order valence-electron chi connectivity index (χ0n) is 16.6. The van der Waals surface area contributed by atoms with Gasteiger partial charge in [-0.25, -0.2) is 4.98 Å². The van der Waals surface area contributed by atoms with E-state index in [1.807, 2.05) is 6.07 Å². The summed E-state index contributed by atoms with van der Waals surface area (Å²) in [4.78, 5) is 30.1. The predicted molar refractivity (Wildman–Crippen MR) is 110 cm³/mol. The third-order valence-corrected chi connectivity index (χ3v) is 5.30. The number of anilines is 1. The first-order chi connectivity index (χ1) is 15.1. The van der Waals surface area contributed by atoms with Crippen LogP contribution in [0.4, 0.5) is 11.5 Å². The zero-order chi connectivity index (χ0) is 21.4. The lowest BCUT2D eigenvalue weighted by atomic mass is 10.1. The van der Waals surface area contributed by atoms with Crippen molar-refractivity contribution in [3.63, 3.8) is 0 Å². The Balaban J connectivity index is 1.59. The number of carbonyl (C=O) groups excluding carboxylic acids is 1. The van der Waals surface area contributed by atoms with Gasteiger partial charge in [0.1, 0.15) is 5.82 Å². The van der Waals surface area contributed by atoms with Gasteiger partial charge in [-0.2, -0.15) is 9.61 Å². The summed E-state index contributed by atoms with van der Waals surface area (Å²) in [5.74, 6) is 0.462. The topological polar surface area (TPSA) is 124 Å². The Morgan fingerprint density at radius 3 is 2.68 bits per heavy atom. The zero-order valence-corrected chi connectivity index (χ0v) is 16.6. The van der Waals surface area contributed by atoms with Crippen molar-refractivity contribution in [3.05, 3.63) is 52.2 Å². The highest BCUT2D eigenvalue weighted by atomic mass is 16.6. The largest absolute Gasteiger partial charge is 0.378 e. The normalized spacial score (nSPS) is 16.8. The van der Waals surface area contributed by atoms with E-state index in [0.717, 1.165) is 5.82 Å². The summed E-state index contributed by atoms with van der Waals surface area (Å²) in [6.45, 7) is 3.46. The van der Waals surface area contributed by atoms with E-state index in [-0.39, 0.29) is 23.3 Å². The van der Waals surface area contributed by atoms with E-state index in [0.29, 0.717) is 56.4 Å². The van der Waals surface area contributed by atoms with Crippen LogP contribution < -0.4 is 10.2 Å². The summed E-state index contributed by atoms with van der Waals surface area (Å²) in [5, 5.41) is 18.6. The van der Waals surface area contributed by atoms with Gasteiger partial charge >= 0.3 is 0 Å². The van der Waals surface area contributed by atoms with Crippen molar-refractivity contribution in [2.45, 2.75) is 6.04 Å². The van der Waals surface area contributed by atoms with Crippen molar-refractivity contribution in [1.82, 2.24) is 19.9 Å². The molecule has 2 fully saturated rings. The molecule has 0 unspecified atom stereocenters. The van der Waals surface area contributed by atoms with Crippen LogP contribution in [0.15, 0.2) is 36.4 Å². The van der Waals surface area contributed by atoms with Crippen molar-refractivity contribution in [1.29, 1.82) is 0 Å². The average Bonchev–Trinajstić information content (AvgIpc) is 3.20. The van der Waals surface area contributed by atoms with Crippen molar-refractivity contribution >= 4 is 23.1 Å². The van der Waals surface area contributed by atoms with Crippen LogP contribution in [0.5, 0.6) is 0 Å². The molecular weight excluding hydrogens is 404 g/mol. The number of nitrogens with zero attached hydrogens (tertiary/aromatic N) is 5. The molecule has 0 aliphatic carbocycles. The Bertz CT molecular complexity index is 1150. The Labute approximate surface area is 176 Å². The number of fused-ring (bicyclic) bond motifs is 1. The highest BCUT2D eigenvalue weighted by Gasteiger charge is 2.24. The number of ether oxygens (including phenoxy) is 2. The van der Waals surface area contributed by atoms with Gasteiger partial charge < -0.3 is 19.7 Å². The molecule has 1 N–H and O–H groups in total. The fraction of sp³-hybridized carbons (Fsp3) is 0.350. The molecule has 0 spiro atoms. The second-order valence-corrected chi connectivity index (χ2v) is 7.41. The molecule has 0 radical (unpaired) electrons. The molecule has 2 aromatic heterocycles. The Morgan fingerprint density at radius 1 is 1.16 bits per heavy atom. The van der Waals surface area contributed by atoms with E-state index < -0.39 is 4.92 Å². The maximum absolute atomic E-state index is 12.6. The maximum Gasteiger partial charge on any atom is 0.272 e. The van der Waals surface area contributed by atoms with Crippen LogP contribution >= 0.6 is 0 Å². The molecule has 11 heteroatoms. The molecule has 2 saturated heterocycles. The molecule has 4 heterocycles. The van der Waals surface area contributed by atoms with Gasteiger partial charge in [-0.3, -0.25) is 14.9 Å². The molecule has 11 nitrogen and oxygen atoms in total. The van der Waals surface area contributed by atoms with Crippen molar-refractivity contribution < 1.29 is 19.2 Å². The van der Waals surface area contributed by atoms with Crippen molar-refractivity contribution in [2.75, 3.05) is 44.4 Å². The van der Waals surface area contributed by atoms with E-state index in [1.165, 1.54) is 12.1 Å². The molecule has 0 bridgehead atoms. The smallest absolute Gasteiger partial charge is 0.272 e. The second kappa shape index (κ2) is 7.93. The maximum atomic E-state index is 12.6. The third kappa shape index (κ3) is 3.80. The average molecular weight is 424 g/mol. The third-order valence-electron chi connectivity index (χ3n) is 5.30. The predicted octanol–water partition coefficient (Wildman–Crippen LogP) is 1.27. The lowest BCUT2D eigenvalue weighted by Crippen LogP contribution is -2.48. The molecular formula is C20H20N6O5. The highest BCUT2D eigenvalue weighted by molar-refractivity contribution is 5.93. The number of benzene rings is 1. The van der Waals surface area contributed by atoms with Crippen LogP contribution in [0.3, 0.4) is 0 Å². The lowest BCUT2D eigenvalue weighted by molar-refractivity contribution is -0.384. The van der Waals surface area contributed by atoms with Gasteiger partial charge in [-0.15, -0.1) is 0 Å². The van der Waals surface area contributed by atoms with Crippen LogP contribution in [-0.2, 0) is 9.47 Å². The molecule has 160 valence electrons. The van der Waals surface area contributed by atoms with Gasteiger partial charge in [0.15, 0.2) is 11.3 Å². The number of morpholine rings is 1. The summed E-state index contributed by atoms with van der Waals surface area (Å²) < 4.78 is 12.2. The molecule has 2 aliphatic rings. The Morgan fingerprint density at radius 2 is 1.97 bits per heavy atom. The molecule has 31 heavy (non-hydrogen) atoms. The van der Waals surface area contributed by atoms with Gasteiger partial charge in [0.25, 0.3) is 11.6 Å². The number of rotatable bonds is 5. The van der Waals surface area contributed by atoms with Crippen LogP contribution in [-0.4, -0.2) is 71.0 Å². The van der Waals surface area contributed by atoms with Gasteiger partial charge in [-0.1, -0.05) is 12.1 Å². The highest BCUT2D eigenvalue weighted by Crippen LogP contribution is 2.28. The van der Waals surface area contributed by atoms with Crippen LogP contribution in [0.2, 0.25) is 0 Å². The first-order valence-electron chi connectivity index (χ1n) is 9.95. The Hall–Kier alpha value is -3.57. The van der Waals surface area contributed by atoms with Crippen LogP contribution in [0.25, 0.3) is 16.9 Å². The lowest BCUT2D eigenvalue weighted by Gasteiger charge is -2.29. The number of hydrogen-bond donors (Lipinski definition) is 1. The molecule has 1 aromatic carbocycles. The quantitative estimate of drug-likeness (QED) is 0.480. The second-order valence-electron chi connectivity index (χ2n) is 7.41. The van der Waals surface area contributed by atoms with Crippen LogP contribution in [0.1, 0.15) is 10.5 Å². The van der Waals surface area contributed by atoms with E-state index in [4.69, 9.17) is 9.47 Å². The van der Waals surface area contributed by atoms with E-state index >= 15 is 0 Å². The summed E-state index contributed by atoms with van der Waals surface area (Å²) >= 11 is 0. The fourth-order valence-corrected chi connectivity index (χ4v) is 3.59. The molecule has 3 aromatic rings. The number of nitro benzene ring substituents is 1. The number of hydrogen-bond acceptors (Lipinski definition) is 8. The minimum Gasteiger partial charge on any atom is -0.378 e. The van der Waals surface area contributed by atoms with E-state index in [9.17, 15) is 14.9 Å². The molecule has 1 amide bonds. The minimum absolute atomic E-state index is 0.00980. The first-order valence-corrected chi connectivity index (χ1v) is 9.95. The summed E-state index contributed by atoms with van der Waals surface area (Å²) in [5.41, 5.74) is 1.91. The number of nitro groups is 1. The number of aromatic nitrogens is 3. The number of amides is 1. The standard InChI is InChI=1S/C20H20N6O5/c27-20(21-14-11-31-12-14)17-9-18-22-16(13-2-1-3-15(8-13)26(28)29)10-19(25(18)23-17)24-4-6-30-7-5-24/h1-3,8-10,14H,4-7,11-12H2,(H,21,27). The van der Waals surface area contributed by atoms with Gasteiger partial charge in [0.2, 0.25) is 0 Å². The molecule has 0 atom stereocenters.